The Bertz CT molecular complexity index is 843. The zero-order valence-corrected chi connectivity index (χ0v) is 16.8. The van der Waals surface area contributed by atoms with Gasteiger partial charge in [-0.3, -0.25) is 0 Å². The second-order valence-corrected chi connectivity index (χ2v) is 6.64. The van der Waals surface area contributed by atoms with Crippen LogP contribution in [0.5, 0.6) is 0 Å². The Hall–Kier alpha value is -2.87. The molecule has 1 aromatic rings. The van der Waals surface area contributed by atoms with Crippen LogP contribution in [0.2, 0.25) is 0 Å². The molecule has 140 valence electrons. The first-order valence-corrected chi connectivity index (χ1v) is 9.44. The van der Waals surface area contributed by atoms with Crippen molar-refractivity contribution in [1.29, 1.82) is 0 Å². The van der Waals surface area contributed by atoms with Crippen LogP contribution in [0.3, 0.4) is 0 Å². The second kappa shape index (κ2) is 9.72. The van der Waals surface area contributed by atoms with Crippen LogP contribution < -0.4 is 5.32 Å². The van der Waals surface area contributed by atoms with Crippen LogP contribution >= 0.6 is 0 Å². The van der Waals surface area contributed by atoms with E-state index in [0.29, 0.717) is 6.04 Å². The Morgan fingerprint density at radius 1 is 1.15 bits per heavy atom. The van der Waals surface area contributed by atoms with E-state index >= 15 is 0 Å². The van der Waals surface area contributed by atoms with Gasteiger partial charge >= 0.3 is 0 Å². The first-order chi connectivity index (χ1) is 13.0. The monoisotopic (exact) mass is 358 g/mol. The van der Waals surface area contributed by atoms with Gasteiger partial charge in [0.05, 0.1) is 0 Å². The number of hydrogen-bond donors (Lipinski definition) is 1. The standard InChI is InChI=1S/C25H30N2/c1-7-12-18(5)24(10-4)25(27-23-15-16-23)26-19(6)21-13-11-14-22(17-21)20(8-2)9-3/h7-14,17,23,27H,2,4-5,15-16H2,1,3,6H3/b12-7-,20-9+,25-24-,26-19?. The van der Waals surface area contributed by atoms with E-state index in [4.69, 9.17) is 4.99 Å². The van der Waals surface area contributed by atoms with Crippen LogP contribution in [0, 0.1) is 0 Å². The fraction of sp³-hybridized carbons (Fsp3) is 0.240. The van der Waals surface area contributed by atoms with E-state index < -0.39 is 0 Å². The number of nitrogens with one attached hydrogen (secondary N) is 1. The van der Waals surface area contributed by atoms with Crippen LogP contribution in [0.25, 0.3) is 5.57 Å². The molecule has 1 N–H and O–H groups in total. The zero-order valence-electron chi connectivity index (χ0n) is 16.8. The van der Waals surface area contributed by atoms with E-state index in [2.05, 4.69) is 55.4 Å². The Labute approximate surface area is 164 Å². The first-order valence-electron chi connectivity index (χ1n) is 9.44. The Balaban J connectivity index is 2.47. The molecular weight excluding hydrogens is 328 g/mol. The quantitative estimate of drug-likeness (QED) is 0.403. The summed E-state index contributed by atoms with van der Waals surface area (Å²) in [5, 5.41) is 3.54. The minimum absolute atomic E-state index is 0.492. The van der Waals surface area contributed by atoms with Crippen LogP contribution in [0.1, 0.15) is 44.7 Å². The molecule has 0 radical (unpaired) electrons. The lowest BCUT2D eigenvalue weighted by molar-refractivity contribution is 0.787. The van der Waals surface area contributed by atoms with Gasteiger partial charge in [-0.1, -0.05) is 68.3 Å². The van der Waals surface area contributed by atoms with Crippen molar-refractivity contribution in [2.75, 3.05) is 0 Å². The summed E-state index contributed by atoms with van der Waals surface area (Å²) < 4.78 is 0. The summed E-state index contributed by atoms with van der Waals surface area (Å²) in [5.74, 6) is 0.841. The van der Waals surface area contributed by atoms with Crippen molar-refractivity contribution in [3.05, 3.63) is 102 Å². The number of aliphatic imine (C=N–C) groups is 1. The molecule has 0 bridgehead atoms. The SMILES string of the molecule is C=C/C(=C\C)c1cccc(C(C)=N/C(NC2CC2)=C(\C=C)C(=C)/C=C\C)c1. The largest absolute Gasteiger partial charge is 0.367 e. The van der Waals surface area contributed by atoms with E-state index in [-0.39, 0.29) is 0 Å². The molecule has 0 saturated heterocycles. The summed E-state index contributed by atoms with van der Waals surface area (Å²) in [5.41, 5.74) is 6.14. The highest BCUT2D eigenvalue weighted by Gasteiger charge is 2.23. The van der Waals surface area contributed by atoms with E-state index in [9.17, 15) is 0 Å². The van der Waals surface area contributed by atoms with Crippen molar-refractivity contribution in [3.63, 3.8) is 0 Å². The van der Waals surface area contributed by atoms with Gasteiger partial charge in [-0.15, -0.1) is 0 Å². The fourth-order valence-electron chi connectivity index (χ4n) is 2.82. The molecule has 0 spiro atoms. The van der Waals surface area contributed by atoms with Gasteiger partial charge in [0.2, 0.25) is 0 Å². The topological polar surface area (TPSA) is 24.4 Å². The predicted molar refractivity (Wildman–Crippen MR) is 120 cm³/mol. The van der Waals surface area contributed by atoms with Crippen molar-refractivity contribution in [3.8, 4) is 0 Å². The average Bonchev–Trinajstić information content (AvgIpc) is 3.48. The molecule has 1 aliphatic carbocycles. The van der Waals surface area contributed by atoms with Gasteiger partial charge in [0.25, 0.3) is 0 Å². The smallest absolute Gasteiger partial charge is 0.134 e. The van der Waals surface area contributed by atoms with Crippen LogP contribution in [-0.4, -0.2) is 11.8 Å². The predicted octanol–water partition coefficient (Wildman–Crippen LogP) is 6.37. The number of hydrogen-bond acceptors (Lipinski definition) is 2. The third kappa shape index (κ3) is 5.55. The summed E-state index contributed by atoms with van der Waals surface area (Å²) >= 11 is 0. The van der Waals surface area contributed by atoms with Crippen molar-refractivity contribution < 1.29 is 0 Å². The molecule has 0 aliphatic heterocycles. The van der Waals surface area contributed by atoms with Gasteiger partial charge < -0.3 is 5.32 Å². The minimum atomic E-state index is 0.492. The van der Waals surface area contributed by atoms with Gasteiger partial charge in [-0.25, -0.2) is 4.99 Å². The summed E-state index contributed by atoms with van der Waals surface area (Å²) in [6.45, 7) is 18.1. The molecule has 0 heterocycles. The molecule has 0 unspecified atom stereocenters. The zero-order chi connectivity index (χ0) is 19.8. The van der Waals surface area contributed by atoms with Crippen LogP contribution in [0.4, 0.5) is 0 Å². The summed E-state index contributed by atoms with van der Waals surface area (Å²) in [6.07, 6.45) is 12.1. The number of allylic oxidation sites excluding steroid dienone is 8. The first kappa shape index (κ1) is 20.4. The molecule has 2 rings (SSSR count). The third-order valence-electron chi connectivity index (χ3n) is 4.52. The third-order valence-corrected chi connectivity index (χ3v) is 4.52. The highest BCUT2D eigenvalue weighted by atomic mass is 15.1. The molecule has 1 aromatic carbocycles. The molecule has 1 aliphatic rings. The lowest BCUT2D eigenvalue weighted by atomic mass is 10.0. The van der Waals surface area contributed by atoms with Crippen molar-refractivity contribution in [2.24, 2.45) is 4.99 Å². The maximum atomic E-state index is 4.93. The Kier molecular flexibility index (Phi) is 7.36. The Morgan fingerprint density at radius 2 is 1.85 bits per heavy atom. The maximum absolute atomic E-state index is 4.93. The summed E-state index contributed by atoms with van der Waals surface area (Å²) in [4.78, 5) is 4.93. The molecule has 2 heteroatoms. The van der Waals surface area contributed by atoms with Gasteiger partial charge in [0.1, 0.15) is 5.82 Å². The van der Waals surface area contributed by atoms with Crippen molar-refractivity contribution >= 4 is 11.3 Å². The average molecular weight is 359 g/mol. The fourth-order valence-corrected chi connectivity index (χ4v) is 2.82. The lowest BCUT2D eigenvalue weighted by Crippen LogP contribution is -2.17. The molecule has 0 aromatic heterocycles. The van der Waals surface area contributed by atoms with Crippen molar-refractivity contribution in [2.45, 2.75) is 39.7 Å². The van der Waals surface area contributed by atoms with Crippen LogP contribution in [-0.2, 0) is 0 Å². The van der Waals surface area contributed by atoms with Gasteiger partial charge in [-0.2, -0.15) is 0 Å². The highest BCUT2D eigenvalue weighted by molar-refractivity contribution is 6.00. The summed E-state index contributed by atoms with van der Waals surface area (Å²) in [7, 11) is 0. The molecular formula is C25H30N2. The number of benzene rings is 1. The molecule has 27 heavy (non-hydrogen) atoms. The van der Waals surface area contributed by atoms with Crippen LogP contribution in [0.15, 0.2) is 96.3 Å². The minimum Gasteiger partial charge on any atom is -0.367 e. The summed E-state index contributed by atoms with van der Waals surface area (Å²) in [6, 6.07) is 8.88. The van der Waals surface area contributed by atoms with E-state index in [1.807, 2.05) is 45.1 Å². The lowest BCUT2D eigenvalue weighted by Gasteiger charge is -2.13. The molecule has 1 fully saturated rings. The van der Waals surface area contributed by atoms with E-state index in [0.717, 1.165) is 39.4 Å². The van der Waals surface area contributed by atoms with E-state index in [1.165, 1.54) is 12.8 Å². The normalized spacial score (nSPS) is 16.1. The van der Waals surface area contributed by atoms with Gasteiger partial charge in [-0.05, 0) is 62.0 Å². The van der Waals surface area contributed by atoms with Gasteiger partial charge in [0.15, 0.2) is 0 Å². The van der Waals surface area contributed by atoms with Gasteiger partial charge in [0, 0.05) is 17.3 Å². The highest BCUT2D eigenvalue weighted by Crippen LogP contribution is 2.25. The second-order valence-electron chi connectivity index (χ2n) is 6.64. The van der Waals surface area contributed by atoms with E-state index in [1.54, 1.807) is 0 Å². The Morgan fingerprint density at radius 3 is 2.41 bits per heavy atom. The molecule has 0 amide bonds. The molecule has 1 saturated carbocycles. The molecule has 2 nitrogen and oxygen atoms in total. The molecule has 0 atom stereocenters. The number of nitrogens with zero attached hydrogens (tertiary/aromatic N) is 1. The van der Waals surface area contributed by atoms with Crippen molar-refractivity contribution in [1.82, 2.24) is 5.32 Å². The maximum Gasteiger partial charge on any atom is 0.134 e. The number of rotatable bonds is 9.